The minimum absolute atomic E-state index is 0.000321. The largest absolute Gasteiger partial charge is 0.441 e. The van der Waals surface area contributed by atoms with Gasteiger partial charge in [0.2, 0.25) is 18.4 Å². The fraction of sp³-hybridized carbons (Fsp3) is 0.391. The zero-order valence-electron chi connectivity index (χ0n) is 20.1. The van der Waals surface area contributed by atoms with Gasteiger partial charge in [-0.3, -0.25) is 4.79 Å². The number of hydrogen-bond acceptors (Lipinski definition) is 5. The summed E-state index contributed by atoms with van der Waals surface area (Å²) in [5, 5.41) is 19.1. The number of ether oxygens (including phenoxy) is 1. The summed E-state index contributed by atoms with van der Waals surface area (Å²) >= 11 is 6.13. The summed E-state index contributed by atoms with van der Waals surface area (Å²) in [6.07, 6.45) is -16.1. The van der Waals surface area contributed by atoms with E-state index in [-0.39, 0.29) is 16.1 Å². The lowest BCUT2D eigenvalue weighted by Gasteiger charge is -2.16. The fourth-order valence-corrected chi connectivity index (χ4v) is 3.89. The highest BCUT2D eigenvalue weighted by molar-refractivity contribution is 6.34. The van der Waals surface area contributed by atoms with E-state index in [1.165, 1.54) is 18.2 Å². The third-order valence-corrected chi connectivity index (χ3v) is 6.25. The molecule has 214 valence electrons. The van der Waals surface area contributed by atoms with Gasteiger partial charge in [0.15, 0.2) is 11.4 Å². The molecule has 0 bridgehead atoms. The van der Waals surface area contributed by atoms with Gasteiger partial charge in [-0.1, -0.05) is 17.7 Å². The summed E-state index contributed by atoms with van der Waals surface area (Å²) in [6, 6.07) is 6.17. The van der Waals surface area contributed by atoms with Gasteiger partial charge in [-0.05, 0) is 30.5 Å². The summed E-state index contributed by atoms with van der Waals surface area (Å²) in [7, 11) is 1.02. The molecule has 2 unspecified atom stereocenters. The second-order valence-corrected chi connectivity index (χ2v) is 9.32. The molecule has 2 atom stereocenters. The number of carbonyl (C=O) groups excluding carboxylic acids is 1. The van der Waals surface area contributed by atoms with Crippen molar-refractivity contribution in [2.45, 2.75) is 49.7 Å². The first-order chi connectivity index (χ1) is 18.5. The monoisotopic (exact) mass is 596 g/mol. The summed E-state index contributed by atoms with van der Waals surface area (Å²) in [4.78, 5) is 12.7. The number of nitriles is 1. The third kappa shape index (κ3) is 5.98. The minimum atomic E-state index is -5.43. The number of nitrogens with one attached hydrogen (secondary N) is 1. The van der Waals surface area contributed by atoms with E-state index in [0.29, 0.717) is 27.8 Å². The van der Waals surface area contributed by atoms with Crippen LogP contribution in [0, 0.1) is 11.3 Å². The Labute approximate surface area is 225 Å². The van der Waals surface area contributed by atoms with Gasteiger partial charge in [-0.15, -0.1) is 5.10 Å². The first-order valence-electron chi connectivity index (χ1n) is 11.3. The van der Waals surface area contributed by atoms with Gasteiger partial charge in [0.25, 0.3) is 5.91 Å². The summed E-state index contributed by atoms with van der Waals surface area (Å²) < 4.78 is 112. The maximum absolute atomic E-state index is 14.0. The molecule has 1 aromatic carbocycles. The van der Waals surface area contributed by atoms with Gasteiger partial charge in [-0.25, -0.2) is 18.1 Å². The number of rotatable bonds is 8. The highest BCUT2D eigenvalue weighted by atomic mass is 35.5. The Hall–Kier alpha value is -3.87. The van der Waals surface area contributed by atoms with Crippen molar-refractivity contribution in [2.24, 2.45) is 7.05 Å². The molecule has 1 aliphatic rings. The van der Waals surface area contributed by atoms with Gasteiger partial charge in [0.1, 0.15) is 5.54 Å². The predicted molar refractivity (Wildman–Crippen MR) is 122 cm³/mol. The van der Waals surface area contributed by atoms with Crippen LogP contribution in [0.3, 0.4) is 0 Å². The summed E-state index contributed by atoms with van der Waals surface area (Å²) in [5.41, 5.74) is -2.14. The molecule has 40 heavy (non-hydrogen) atoms. The van der Waals surface area contributed by atoms with Crippen LogP contribution in [-0.2, 0) is 13.2 Å². The van der Waals surface area contributed by atoms with E-state index in [1.807, 2.05) is 6.07 Å². The molecule has 0 spiro atoms. The van der Waals surface area contributed by atoms with E-state index >= 15 is 0 Å². The topological polar surface area (TPSA) is 97.8 Å². The molecule has 2 aromatic heterocycles. The number of aryl methyl sites for hydroxylation is 1. The molecule has 2 heterocycles. The van der Waals surface area contributed by atoms with Crippen LogP contribution in [0.5, 0.6) is 5.88 Å². The number of amides is 1. The molecule has 4 rings (SSSR count). The first kappa shape index (κ1) is 29.1. The number of hydrogen-bond donors (Lipinski definition) is 1. The average molecular weight is 597 g/mol. The molecule has 8 nitrogen and oxygen atoms in total. The van der Waals surface area contributed by atoms with Crippen molar-refractivity contribution in [1.29, 1.82) is 5.26 Å². The zero-order chi connectivity index (χ0) is 29.6. The van der Waals surface area contributed by atoms with Crippen LogP contribution in [0.1, 0.15) is 35.2 Å². The SMILES string of the molecule is Cn1nc(OC(F)CC(F)C(F)(F)F)c(C(F)(F)F)c1-n1cc(-c2ccc(Cl)c(C(=O)NC3(C#N)CC3)c2)cn1. The molecule has 1 saturated carbocycles. The second kappa shape index (κ2) is 10.3. The molecule has 0 aliphatic heterocycles. The normalized spacial score (nSPS) is 16.2. The maximum Gasteiger partial charge on any atom is 0.425 e. The number of nitrogens with zero attached hydrogens (tertiary/aromatic N) is 5. The van der Waals surface area contributed by atoms with Crippen molar-refractivity contribution in [3.63, 3.8) is 0 Å². The summed E-state index contributed by atoms with van der Waals surface area (Å²) in [6.45, 7) is 0. The Morgan fingerprint density at radius 3 is 2.48 bits per heavy atom. The van der Waals surface area contributed by atoms with Crippen LogP contribution < -0.4 is 10.1 Å². The Morgan fingerprint density at radius 2 is 1.90 bits per heavy atom. The van der Waals surface area contributed by atoms with E-state index in [2.05, 4.69) is 20.3 Å². The molecular formula is C23H17ClF8N6O2. The predicted octanol–water partition coefficient (Wildman–Crippen LogP) is 5.70. The van der Waals surface area contributed by atoms with E-state index < -0.39 is 60.0 Å². The van der Waals surface area contributed by atoms with Crippen LogP contribution in [0.15, 0.2) is 30.6 Å². The lowest BCUT2D eigenvalue weighted by molar-refractivity contribution is -0.191. The number of halogens is 9. The molecule has 0 radical (unpaired) electrons. The molecule has 1 amide bonds. The van der Waals surface area contributed by atoms with Gasteiger partial charge in [0.05, 0.1) is 29.3 Å². The minimum Gasteiger partial charge on any atom is -0.441 e. The quantitative estimate of drug-likeness (QED) is 0.337. The van der Waals surface area contributed by atoms with E-state index in [9.17, 15) is 45.2 Å². The highest BCUT2D eigenvalue weighted by Gasteiger charge is 2.46. The zero-order valence-corrected chi connectivity index (χ0v) is 20.9. The maximum atomic E-state index is 14.0. The van der Waals surface area contributed by atoms with E-state index in [4.69, 9.17) is 11.6 Å². The van der Waals surface area contributed by atoms with Crippen molar-refractivity contribution < 1.29 is 44.7 Å². The molecule has 1 N–H and O–H groups in total. The van der Waals surface area contributed by atoms with Gasteiger partial charge < -0.3 is 10.1 Å². The number of alkyl halides is 8. The Morgan fingerprint density at radius 1 is 1.23 bits per heavy atom. The second-order valence-electron chi connectivity index (χ2n) is 8.91. The van der Waals surface area contributed by atoms with Crippen molar-refractivity contribution in [1.82, 2.24) is 24.9 Å². The molecular weight excluding hydrogens is 580 g/mol. The van der Waals surface area contributed by atoms with Crippen molar-refractivity contribution in [3.8, 4) is 28.9 Å². The van der Waals surface area contributed by atoms with Crippen LogP contribution in [-0.4, -0.2) is 49.7 Å². The Bertz CT molecular complexity index is 1470. The number of aromatic nitrogens is 4. The van der Waals surface area contributed by atoms with E-state index in [0.717, 1.165) is 19.4 Å². The lowest BCUT2D eigenvalue weighted by atomic mass is 10.1. The third-order valence-electron chi connectivity index (χ3n) is 5.92. The lowest BCUT2D eigenvalue weighted by Crippen LogP contribution is -2.35. The summed E-state index contributed by atoms with van der Waals surface area (Å²) in [5.74, 6) is -2.83. The van der Waals surface area contributed by atoms with Crippen LogP contribution in [0.25, 0.3) is 16.9 Å². The first-order valence-corrected chi connectivity index (χ1v) is 11.7. The molecule has 3 aromatic rings. The van der Waals surface area contributed by atoms with Crippen LogP contribution in [0.4, 0.5) is 35.1 Å². The molecule has 1 aliphatic carbocycles. The van der Waals surface area contributed by atoms with Gasteiger partial charge in [-0.2, -0.15) is 36.7 Å². The Kier molecular flexibility index (Phi) is 7.48. The molecule has 17 heteroatoms. The van der Waals surface area contributed by atoms with Crippen LogP contribution in [0.2, 0.25) is 5.02 Å². The number of carbonyl (C=O) groups is 1. The molecule has 1 fully saturated rings. The average Bonchev–Trinajstić information content (AvgIpc) is 3.29. The van der Waals surface area contributed by atoms with Crippen LogP contribution >= 0.6 is 11.6 Å². The highest BCUT2D eigenvalue weighted by Crippen LogP contribution is 2.41. The fourth-order valence-electron chi connectivity index (χ4n) is 3.69. The Balaban J connectivity index is 1.65. The van der Waals surface area contributed by atoms with Gasteiger partial charge in [0, 0.05) is 18.8 Å². The van der Waals surface area contributed by atoms with Gasteiger partial charge >= 0.3 is 12.4 Å². The standard InChI is InChI=1S/C23H17ClF8N6O2/c1-37-20(17(23(30,31)32)19(36-37)40-16(26)7-15(25)22(27,28)29)38-9-12(8-34-38)11-2-3-14(24)13(6-11)18(39)35-21(10-33)4-5-21/h2-3,6,8-9,15-16H,4-5,7H2,1H3,(H,35,39). The molecule has 0 saturated heterocycles. The smallest absolute Gasteiger partial charge is 0.425 e. The van der Waals surface area contributed by atoms with Crippen molar-refractivity contribution in [3.05, 3.63) is 46.7 Å². The van der Waals surface area contributed by atoms with Crippen molar-refractivity contribution >= 4 is 17.5 Å². The number of benzene rings is 1. The van der Waals surface area contributed by atoms with Crippen molar-refractivity contribution in [2.75, 3.05) is 0 Å². The van der Waals surface area contributed by atoms with E-state index in [1.54, 1.807) is 0 Å².